The van der Waals surface area contributed by atoms with Crippen LogP contribution in [0.1, 0.15) is 5.56 Å². The van der Waals surface area contributed by atoms with Gasteiger partial charge >= 0.3 is 0 Å². The average Bonchev–Trinajstić information content (AvgIpc) is 2.80. The van der Waals surface area contributed by atoms with Crippen LogP contribution >= 0.6 is 11.8 Å². The Morgan fingerprint density at radius 3 is 3.22 bits per heavy atom. The third kappa shape index (κ3) is 1.45. The summed E-state index contributed by atoms with van der Waals surface area (Å²) < 4.78 is 2.29. The van der Waals surface area contributed by atoms with E-state index in [9.17, 15) is 0 Å². The van der Waals surface area contributed by atoms with E-state index in [-0.39, 0.29) is 0 Å². The first-order valence-electron chi connectivity index (χ1n) is 6.31. The lowest BCUT2D eigenvalue weighted by atomic mass is 10.1. The maximum absolute atomic E-state index is 4.70. The quantitative estimate of drug-likeness (QED) is 0.578. The van der Waals surface area contributed by atoms with Crippen molar-refractivity contribution in [2.45, 2.75) is 18.0 Å². The molecule has 0 radical (unpaired) electrons. The number of benzene rings is 1. The molecule has 3 heterocycles. The molecule has 18 heavy (non-hydrogen) atoms. The molecule has 1 aromatic heterocycles. The van der Waals surface area contributed by atoms with Crippen LogP contribution in [0.15, 0.2) is 35.6 Å². The van der Waals surface area contributed by atoms with Gasteiger partial charge in [-0.2, -0.15) is 0 Å². The Morgan fingerprint density at radius 1 is 1.28 bits per heavy atom. The van der Waals surface area contributed by atoms with Crippen LogP contribution in [0.5, 0.6) is 0 Å². The van der Waals surface area contributed by atoms with Crippen molar-refractivity contribution in [3.05, 3.63) is 36.2 Å². The van der Waals surface area contributed by atoms with Gasteiger partial charge < -0.3 is 5.32 Å². The molecule has 0 spiro atoms. The SMILES string of the molecule is c1ccc2c(c1)NCCc1c-2nc[n+]2c1SCC2. The van der Waals surface area contributed by atoms with E-state index in [1.165, 1.54) is 27.6 Å². The maximum atomic E-state index is 4.70. The van der Waals surface area contributed by atoms with Crippen molar-refractivity contribution in [3.63, 3.8) is 0 Å². The summed E-state index contributed by atoms with van der Waals surface area (Å²) in [5, 5.41) is 4.92. The standard InChI is InChI=1S/C14H13N3S/c1-2-4-12-10(3-1)13-11(5-6-15-12)14-17(9-16-13)7-8-18-14/h1-4,9H,5-8H2/p+1. The molecule has 0 aliphatic carbocycles. The molecule has 0 fully saturated rings. The second kappa shape index (κ2) is 3.99. The van der Waals surface area contributed by atoms with Gasteiger partial charge in [-0.15, -0.1) is 0 Å². The fourth-order valence-electron chi connectivity index (χ4n) is 2.73. The van der Waals surface area contributed by atoms with Crippen LogP contribution in [0.3, 0.4) is 0 Å². The van der Waals surface area contributed by atoms with E-state index in [1.807, 2.05) is 18.1 Å². The normalized spacial score (nSPS) is 16.2. The molecule has 0 amide bonds. The van der Waals surface area contributed by atoms with Gasteiger partial charge in [-0.25, -0.2) is 4.57 Å². The van der Waals surface area contributed by atoms with Crippen LogP contribution in [0, 0.1) is 0 Å². The Hall–Kier alpha value is -1.55. The summed E-state index contributed by atoms with van der Waals surface area (Å²) >= 11 is 1.96. The molecule has 0 atom stereocenters. The van der Waals surface area contributed by atoms with Gasteiger partial charge in [0.1, 0.15) is 6.54 Å². The van der Waals surface area contributed by atoms with Crippen molar-refractivity contribution in [2.24, 2.45) is 0 Å². The second-order valence-corrected chi connectivity index (χ2v) is 5.72. The zero-order valence-electron chi connectivity index (χ0n) is 10.0. The minimum atomic E-state index is 0.989. The molecule has 2 aliphatic rings. The van der Waals surface area contributed by atoms with Gasteiger partial charge in [0, 0.05) is 23.5 Å². The van der Waals surface area contributed by atoms with Crippen molar-refractivity contribution < 1.29 is 4.57 Å². The summed E-state index contributed by atoms with van der Waals surface area (Å²) in [6.07, 6.45) is 3.05. The molecule has 0 saturated heterocycles. The minimum Gasteiger partial charge on any atom is -0.384 e. The highest BCUT2D eigenvalue weighted by atomic mass is 32.2. The summed E-state index contributed by atoms with van der Waals surface area (Å²) in [6, 6.07) is 8.47. The summed E-state index contributed by atoms with van der Waals surface area (Å²) in [6.45, 7) is 2.08. The Labute approximate surface area is 110 Å². The van der Waals surface area contributed by atoms with Crippen LogP contribution in [0.25, 0.3) is 11.3 Å². The third-order valence-electron chi connectivity index (χ3n) is 3.57. The first-order valence-corrected chi connectivity index (χ1v) is 7.29. The summed E-state index contributed by atoms with van der Waals surface area (Å²) in [4.78, 5) is 4.70. The molecule has 4 rings (SSSR count). The summed E-state index contributed by atoms with van der Waals surface area (Å²) in [7, 11) is 0. The number of aromatic nitrogens is 2. The third-order valence-corrected chi connectivity index (χ3v) is 4.72. The van der Waals surface area contributed by atoms with E-state index < -0.39 is 0 Å². The van der Waals surface area contributed by atoms with Crippen LogP contribution in [0.4, 0.5) is 5.69 Å². The molecule has 0 saturated carbocycles. The van der Waals surface area contributed by atoms with Gasteiger partial charge in [0.2, 0.25) is 0 Å². The molecule has 1 aromatic carbocycles. The van der Waals surface area contributed by atoms with Crippen molar-refractivity contribution in [1.29, 1.82) is 0 Å². The van der Waals surface area contributed by atoms with Crippen LogP contribution in [0.2, 0.25) is 0 Å². The molecule has 0 unspecified atom stereocenters. The topological polar surface area (TPSA) is 28.8 Å². The molecular formula is C14H14N3S+. The van der Waals surface area contributed by atoms with Gasteiger partial charge in [0.15, 0.2) is 10.7 Å². The predicted molar refractivity (Wildman–Crippen MR) is 72.8 cm³/mol. The Bertz CT molecular complexity index is 624. The highest BCUT2D eigenvalue weighted by Gasteiger charge is 2.28. The molecular weight excluding hydrogens is 242 g/mol. The largest absolute Gasteiger partial charge is 0.384 e. The minimum absolute atomic E-state index is 0.989. The number of hydrogen-bond acceptors (Lipinski definition) is 3. The lowest BCUT2D eigenvalue weighted by Gasteiger charge is -2.05. The van der Waals surface area contributed by atoms with E-state index in [0.717, 1.165) is 25.2 Å². The molecule has 90 valence electrons. The van der Waals surface area contributed by atoms with Gasteiger partial charge in [0.05, 0.1) is 5.56 Å². The van der Waals surface area contributed by atoms with Crippen molar-refractivity contribution in [1.82, 2.24) is 4.98 Å². The van der Waals surface area contributed by atoms with E-state index in [4.69, 9.17) is 4.98 Å². The average molecular weight is 256 g/mol. The maximum Gasteiger partial charge on any atom is 0.287 e. The Kier molecular flexibility index (Phi) is 2.30. The predicted octanol–water partition coefficient (Wildman–Crippen LogP) is 2.11. The zero-order chi connectivity index (χ0) is 11.9. The van der Waals surface area contributed by atoms with E-state index in [2.05, 4.69) is 34.1 Å². The lowest BCUT2D eigenvalue weighted by Crippen LogP contribution is -2.34. The number of hydrogen-bond donors (Lipinski definition) is 1. The van der Waals surface area contributed by atoms with Crippen LogP contribution < -0.4 is 9.88 Å². The summed E-state index contributed by atoms with van der Waals surface area (Å²) in [5.74, 6) is 1.17. The lowest BCUT2D eigenvalue weighted by molar-refractivity contribution is -0.726. The molecule has 0 bridgehead atoms. The Balaban J connectivity index is 2.00. The van der Waals surface area contributed by atoms with E-state index in [1.54, 1.807) is 0 Å². The number of nitrogens with one attached hydrogen (secondary N) is 1. The number of nitrogens with zero attached hydrogens (tertiary/aromatic N) is 2. The highest BCUT2D eigenvalue weighted by Crippen LogP contribution is 2.35. The molecule has 2 aliphatic heterocycles. The number of anilines is 1. The molecule has 4 heteroatoms. The fraction of sp³-hybridized carbons (Fsp3) is 0.286. The van der Waals surface area contributed by atoms with Gasteiger partial charge in [-0.3, -0.25) is 0 Å². The van der Waals surface area contributed by atoms with Gasteiger partial charge in [-0.1, -0.05) is 23.9 Å². The first kappa shape index (κ1) is 10.4. The number of para-hydroxylation sites is 1. The number of aryl methyl sites for hydroxylation is 1. The van der Waals surface area contributed by atoms with Crippen LogP contribution in [-0.4, -0.2) is 17.3 Å². The molecule has 3 nitrogen and oxygen atoms in total. The number of thioether (sulfide) groups is 1. The Morgan fingerprint density at radius 2 is 2.22 bits per heavy atom. The van der Waals surface area contributed by atoms with E-state index >= 15 is 0 Å². The van der Waals surface area contributed by atoms with Crippen molar-refractivity contribution in [3.8, 4) is 11.3 Å². The highest BCUT2D eigenvalue weighted by molar-refractivity contribution is 7.99. The monoisotopic (exact) mass is 256 g/mol. The van der Waals surface area contributed by atoms with Crippen molar-refractivity contribution in [2.75, 3.05) is 17.6 Å². The van der Waals surface area contributed by atoms with Crippen molar-refractivity contribution >= 4 is 17.4 Å². The molecule has 1 N–H and O–H groups in total. The molecule has 2 aromatic rings. The smallest absolute Gasteiger partial charge is 0.287 e. The van der Waals surface area contributed by atoms with Gasteiger partial charge in [-0.05, 0) is 23.5 Å². The van der Waals surface area contributed by atoms with E-state index in [0.29, 0.717) is 0 Å². The van der Waals surface area contributed by atoms with Crippen LogP contribution in [-0.2, 0) is 13.0 Å². The fourth-order valence-corrected chi connectivity index (χ4v) is 3.88. The number of rotatable bonds is 0. The first-order chi connectivity index (χ1) is 8.93. The van der Waals surface area contributed by atoms with Gasteiger partial charge in [0.25, 0.3) is 6.33 Å². The zero-order valence-corrected chi connectivity index (χ0v) is 10.8. The number of fused-ring (bicyclic) bond motifs is 5. The second-order valence-electron chi connectivity index (χ2n) is 4.64. The summed E-state index contributed by atoms with van der Waals surface area (Å²) in [5.41, 5.74) is 5.02.